The molecule has 3 aromatic rings. The monoisotopic (exact) mass is 316 g/mol. The fraction of sp³-hybridized carbons (Fsp3) is 0.429. The molecule has 0 radical (unpaired) electrons. The summed E-state index contributed by atoms with van der Waals surface area (Å²) in [7, 11) is 0. The number of hydrogen-bond acceptors (Lipinski definition) is 7. The van der Waals surface area contributed by atoms with E-state index in [0.717, 1.165) is 35.7 Å². The minimum absolute atomic E-state index is 0.523. The minimum Gasteiger partial charge on any atom is -0.414 e. The van der Waals surface area contributed by atoms with Crippen LogP contribution in [0.4, 0.5) is 0 Å². The van der Waals surface area contributed by atoms with Gasteiger partial charge in [-0.25, -0.2) is 9.97 Å². The molecule has 0 atom stereocenters. The lowest BCUT2D eigenvalue weighted by atomic mass is 10.4. The van der Waals surface area contributed by atoms with E-state index in [1.807, 2.05) is 19.2 Å². The summed E-state index contributed by atoms with van der Waals surface area (Å²) in [6.07, 6.45) is 4.36. The largest absolute Gasteiger partial charge is 0.414 e. The van der Waals surface area contributed by atoms with E-state index in [0.29, 0.717) is 16.9 Å². The second-order valence-corrected chi connectivity index (χ2v) is 6.30. The average molecular weight is 316 g/mol. The lowest BCUT2D eigenvalue weighted by Crippen LogP contribution is -2.18. The van der Waals surface area contributed by atoms with E-state index in [4.69, 9.17) is 4.42 Å². The Morgan fingerprint density at radius 3 is 3.00 bits per heavy atom. The Balaban J connectivity index is 1.55. The molecule has 22 heavy (non-hydrogen) atoms. The van der Waals surface area contributed by atoms with Crippen LogP contribution in [0, 0.1) is 6.92 Å². The number of likely N-dealkylation sites (tertiary alicyclic amines) is 1. The van der Waals surface area contributed by atoms with Gasteiger partial charge < -0.3 is 9.40 Å². The summed E-state index contributed by atoms with van der Waals surface area (Å²) in [6.45, 7) is 4.83. The normalized spacial score (nSPS) is 15.9. The first-order valence-electron chi connectivity index (χ1n) is 7.32. The van der Waals surface area contributed by atoms with Crippen molar-refractivity contribution in [2.45, 2.75) is 36.6 Å². The van der Waals surface area contributed by atoms with Gasteiger partial charge >= 0.3 is 0 Å². The molecule has 1 fully saturated rings. The van der Waals surface area contributed by atoms with Crippen LogP contribution in [0.2, 0.25) is 0 Å². The number of nitrogens with zero attached hydrogens (tertiary/aromatic N) is 5. The highest BCUT2D eigenvalue weighted by Gasteiger charge is 2.17. The molecule has 1 aliphatic rings. The van der Waals surface area contributed by atoms with Gasteiger partial charge in [0.15, 0.2) is 0 Å². The Hall–Kier alpha value is -1.93. The maximum atomic E-state index is 5.74. The minimum atomic E-state index is 0.523. The predicted molar refractivity (Wildman–Crippen MR) is 81.6 cm³/mol. The van der Waals surface area contributed by atoms with Gasteiger partial charge in [-0.3, -0.25) is 4.90 Å². The third kappa shape index (κ3) is 2.71. The number of aromatic nitrogens is 5. The van der Waals surface area contributed by atoms with Crippen LogP contribution < -0.4 is 0 Å². The average Bonchev–Trinajstić information content (AvgIpc) is 3.20. The lowest BCUT2D eigenvalue weighted by Gasteiger charge is -2.10. The number of aryl methyl sites for hydroxylation is 1. The summed E-state index contributed by atoms with van der Waals surface area (Å²) in [6, 6.07) is 1.96. The molecule has 0 saturated carbocycles. The molecule has 1 saturated heterocycles. The molecule has 0 bridgehead atoms. The molecular formula is C14H16N6OS. The van der Waals surface area contributed by atoms with E-state index >= 15 is 0 Å². The summed E-state index contributed by atoms with van der Waals surface area (Å²) in [5.74, 6) is 1.38. The maximum absolute atomic E-state index is 5.74. The summed E-state index contributed by atoms with van der Waals surface area (Å²) in [5, 5.41) is 10.6. The second-order valence-electron chi connectivity index (χ2n) is 5.36. The van der Waals surface area contributed by atoms with E-state index in [1.165, 1.54) is 24.6 Å². The second kappa shape index (κ2) is 5.69. The number of H-pyrrole nitrogens is 1. The Morgan fingerprint density at radius 1 is 1.27 bits per heavy atom. The van der Waals surface area contributed by atoms with Gasteiger partial charge in [-0.05, 0) is 50.7 Å². The van der Waals surface area contributed by atoms with Crippen molar-refractivity contribution in [1.29, 1.82) is 0 Å². The van der Waals surface area contributed by atoms with Crippen LogP contribution in [0.15, 0.2) is 26.9 Å². The van der Waals surface area contributed by atoms with Crippen molar-refractivity contribution in [3.63, 3.8) is 0 Å². The number of rotatable bonds is 4. The molecule has 0 aliphatic carbocycles. The fourth-order valence-electron chi connectivity index (χ4n) is 2.66. The fourth-order valence-corrected chi connectivity index (χ4v) is 3.49. The zero-order valence-corrected chi connectivity index (χ0v) is 13.1. The molecule has 8 heteroatoms. The molecule has 0 spiro atoms. The van der Waals surface area contributed by atoms with Crippen molar-refractivity contribution in [3.8, 4) is 0 Å². The van der Waals surface area contributed by atoms with Crippen molar-refractivity contribution in [2.24, 2.45) is 0 Å². The quantitative estimate of drug-likeness (QED) is 0.740. The molecule has 1 N–H and O–H groups in total. The molecule has 7 nitrogen and oxygen atoms in total. The zero-order chi connectivity index (χ0) is 14.9. The highest BCUT2D eigenvalue weighted by atomic mass is 32.2. The van der Waals surface area contributed by atoms with E-state index < -0.39 is 0 Å². The van der Waals surface area contributed by atoms with Gasteiger partial charge in [0.05, 0.1) is 11.9 Å². The van der Waals surface area contributed by atoms with Crippen LogP contribution in [0.3, 0.4) is 0 Å². The van der Waals surface area contributed by atoms with E-state index in [-0.39, 0.29) is 0 Å². The van der Waals surface area contributed by atoms with Gasteiger partial charge in [0.25, 0.3) is 5.22 Å². The van der Waals surface area contributed by atoms with Crippen molar-refractivity contribution >= 4 is 22.8 Å². The SMILES string of the molecule is Cc1nc(Sc2nnc(CN3CCCC3)o2)c2cc[nH]c2n1. The van der Waals surface area contributed by atoms with Crippen LogP contribution in [-0.2, 0) is 6.54 Å². The number of nitrogens with one attached hydrogen (secondary N) is 1. The molecule has 0 unspecified atom stereocenters. The number of fused-ring (bicyclic) bond motifs is 1. The third-order valence-corrected chi connectivity index (χ3v) is 4.53. The topological polar surface area (TPSA) is 83.7 Å². The van der Waals surface area contributed by atoms with Crippen LogP contribution in [0.5, 0.6) is 0 Å². The zero-order valence-electron chi connectivity index (χ0n) is 12.2. The summed E-state index contributed by atoms with van der Waals surface area (Å²) >= 11 is 1.38. The number of hydrogen-bond donors (Lipinski definition) is 1. The first-order chi connectivity index (χ1) is 10.8. The summed E-state index contributed by atoms with van der Waals surface area (Å²) in [5.41, 5.74) is 0.826. The van der Waals surface area contributed by atoms with Crippen LogP contribution in [0.25, 0.3) is 11.0 Å². The number of aromatic amines is 1. The first-order valence-corrected chi connectivity index (χ1v) is 8.14. The van der Waals surface area contributed by atoms with Crippen LogP contribution in [-0.4, -0.2) is 43.1 Å². The molecule has 114 valence electrons. The summed E-state index contributed by atoms with van der Waals surface area (Å²) < 4.78 is 5.74. The highest BCUT2D eigenvalue weighted by molar-refractivity contribution is 7.99. The van der Waals surface area contributed by atoms with E-state index in [9.17, 15) is 0 Å². The van der Waals surface area contributed by atoms with Crippen molar-refractivity contribution in [2.75, 3.05) is 13.1 Å². The summed E-state index contributed by atoms with van der Waals surface area (Å²) in [4.78, 5) is 14.3. The Morgan fingerprint density at radius 2 is 2.14 bits per heavy atom. The molecule has 3 aromatic heterocycles. The predicted octanol–water partition coefficient (Wildman–Crippen LogP) is 2.40. The van der Waals surface area contributed by atoms with Gasteiger partial charge in [0, 0.05) is 6.20 Å². The van der Waals surface area contributed by atoms with Gasteiger partial charge in [-0.2, -0.15) is 0 Å². The van der Waals surface area contributed by atoms with Crippen molar-refractivity contribution < 1.29 is 4.42 Å². The van der Waals surface area contributed by atoms with E-state index in [2.05, 4.69) is 30.0 Å². The van der Waals surface area contributed by atoms with Crippen molar-refractivity contribution in [1.82, 2.24) is 30.0 Å². The van der Waals surface area contributed by atoms with Crippen molar-refractivity contribution in [3.05, 3.63) is 24.0 Å². The molecule has 0 amide bonds. The maximum Gasteiger partial charge on any atom is 0.283 e. The molecule has 4 heterocycles. The van der Waals surface area contributed by atoms with Gasteiger partial charge in [-0.15, -0.1) is 10.2 Å². The van der Waals surface area contributed by atoms with Gasteiger partial charge in [-0.1, -0.05) is 0 Å². The molecule has 4 rings (SSSR count). The Kier molecular flexibility index (Phi) is 3.55. The standard InChI is InChI=1S/C14H16N6OS/c1-9-16-12-10(4-5-15-12)13(17-9)22-14-19-18-11(21-14)8-20-6-2-3-7-20/h4-5H,2-3,6-8H2,1H3,(H,15,16,17). The highest BCUT2D eigenvalue weighted by Crippen LogP contribution is 2.30. The molecular weight excluding hydrogens is 300 g/mol. The van der Waals surface area contributed by atoms with Gasteiger partial charge in [0.2, 0.25) is 5.89 Å². The Labute approximate surface area is 131 Å². The third-order valence-electron chi connectivity index (χ3n) is 3.68. The lowest BCUT2D eigenvalue weighted by molar-refractivity contribution is 0.278. The first kappa shape index (κ1) is 13.7. The van der Waals surface area contributed by atoms with Gasteiger partial charge in [0.1, 0.15) is 16.5 Å². The molecule has 0 aromatic carbocycles. The Bertz CT molecular complexity index is 792. The van der Waals surface area contributed by atoms with E-state index in [1.54, 1.807) is 0 Å². The smallest absolute Gasteiger partial charge is 0.283 e. The van der Waals surface area contributed by atoms with Crippen LogP contribution in [0.1, 0.15) is 24.6 Å². The molecule has 1 aliphatic heterocycles. The van der Waals surface area contributed by atoms with Crippen LogP contribution >= 0.6 is 11.8 Å².